The van der Waals surface area contributed by atoms with Gasteiger partial charge in [0.25, 0.3) is 0 Å². The normalized spacial score (nSPS) is 21.5. The highest BCUT2D eigenvalue weighted by Gasteiger charge is 2.29. The number of anilines is 1. The van der Waals surface area contributed by atoms with Crippen LogP contribution < -0.4 is 5.32 Å². The zero-order valence-corrected chi connectivity index (χ0v) is 15.1. The number of benzene rings is 1. The van der Waals surface area contributed by atoms with Crippen molar-refractivity contribution < 1.29 is 14.3 Å². The number of hydrogen-bond donors (Lipinski definition) is 1. The number of likely N-dealkylation sites (tertiary alicyclic amines) is 1. The van der Waals surface area contributed by atoms with Crippen molar-refractivity contribution in [3.05, 3.63) is 29.8 Å². The second-order valence-electron chi connectivity index (χ2n) is 7.02. The van der Waals surface area contributed by atoms with Crippen molar-refractivity contribution in [2.24, 2.45) is 5.92 Å². The van der Waals surface area contributed by atoms with E-state index in [0.29, 0.717) is 17.8 Å². The van der Waals surface area contributed by atoms with Gasteiger partial charge in [-0.1, -0.05) is 13.8 Å². The molecule has 5 heteroatoms. The highest BCUT2D eigenvalue weighted by atomic mass is 16.5. The van der Waals surface area contributed by atoms with E-state index in [2.05, 4.69) is 12.2 Å². The second-order valence-corrected chi connectivity index (χ2v) is 7.02. The Morgan fingerprint density at radius 3 is 2.42 bits per heavy atom. The Hall–Kier alpha value is -1.88. The average molecular weight is 332 g/mol. The molecule has 1 aromatic rings. The first kappa shape index (κ1) is 18.5. The summed E-state index contributed by atoms with van der Waals surface area (Å²) in [6, 6.07) is 7.00. The summed E-state index contributed by atoms with van der Waals surface area (Å²) in [4.78, 5) is 26.2. The molecule has 132 valence electrons. The minimum absolute atomic E-state index is 0.0300. The van der Waals surface area contributed by atoms with E-state index in [1.807, 2.05) is 18.7 Å². The molecule has 1 atom stereocenters. The quantitative estimate of drug-likeness (QED) is 0.849. The summed E-state index contributed by atoms with van der Waals surface area (Å²) in [6.45, 7) is 7.27. The number of ether oxygens (including phenoxy) is 1. The maximum absolute atomic E-state index is 12.5. The molecule has 1 aliphatic rings. The standard InChI is InChI=1S/C19H28N2O3/c1-14(2)17(22)15-6-8-16(9-7-15)20-18(23)21-12-5-10-19(3,24-4)11-13-21/h6-9,14H,5,10-13H2,1-4H3,(H,20,23). The minimum atomic E-state index is -0.145. The van der Waals surface area contributed by atoms with Crippen molar-refractivity contribution in [2.75, 3.05) is 25.5 Å². The van der Waals surface area contributed by atoms with Crippen LogP contribution in [0.1, 0.15) is 50.4 Å². The third-order valence-corrected chi connectivity index (χ3v) is 4.77. The number of ketones is 1. The first-order valence-electron chi connectivity index (χ1n) is 8.60. The van der Waals surface area contributed by atoms with Crippen LogP contribution in [0.4, 0.5) is 10.5 Å². The van der Waals surface area contributed by atoms with Gasteiger partial charge < -0.3 is 15.0 Å². The van der Waals surface area contributed by atoms with Crippen molar-refractivity contribution in [1.29, 1.82) is 0 Å². The molecule has 0 bridgehead atoms. The Bertz CT molecular complexity index is 583. The highest BCUT2D eigenvalue weighted by Crippen LogP contribution is 2.25. The van der Waals surface area contributed by atoms with Gasteiger partial charge in [0.2, 0.25) is 0 Å². The van der Waals surface area contributed by atoms with Crippen molar-refractivity contribution in [3.8, 4) is 0 Å². The average Bonchev–Trinajstić information content (AvgIpc) is 2.77. The number of nitrogens with one attached hydrogen (secondary N) is 1. The fourth-order valence-electron chi connectivity index (χ4n) is 2.91. The first-order chi connectivity index (χ1) is 11.3. The van der Waals surface area contributed by atoms with E-state index in [-0.39, 0.29) is 23.3 Å². The molecule has 1 saturated heterocycles. The van der Waals surface area contributed by atoms with E-state index >= 15 is 0 Å². The largest absolute Gasteiger partial charge is 0.378 e. The van der Waals surface area contributed by atoms with Crippen LogP contribution in [0.25, 0.3) is 0 Å². The summed E-state index contributed by atoms with van der Waals surface area (Å²) in [7, 11) is 1.73. The lowest BCUT2D eigenvalue weighted by atomic mass is 9.97. The van der Waals surface area contributed by atoms with Crippen LogP contribution in [0.15, 0.2) is 24.3 Å². The third-order valence-electron chi connectivity index (χ3n) is 4.77. The van der Waals surface area contributed by atoms with Gasteiger partial charge in [-0.3, -0.25) is 4.79 Å². The fourth-order valence-corrected chi connectivity index (χ4v) is 2.91. The molecule has 0 aromatic heterocycles. The van der Waals surface area contributed by atoms with Crippen molar-refractivity contribution in [2.45, 2.75) is 45.6 Å². The zero-order chi connectivity index (χ0) is 17.7. The highest BCUT2D eigenvalue weighted by molar-refractivity contribution is 5.98. The Kier molecular flexibility index (Phi) is 5.99. The predicted molar refractivity (Wildman–Crippen MR) is 95.5 cm³/mol. The zero-order valence-electron chi connectivity index (χ0n) is 15.1. The SMILES string of the molecule is COC1(C)CCCN(C(=O)Nc2ccc(C(=O)C(C)C)cc2)CC1. The molecule has 0 radical (unpaired) electrons. The van der Waals surface area contributed by atoms with E-state index in [1.54, 1.807) is 31.4 Å². The Morgan fingerprint density at radius 2 is 1.83 bits per heavy atom. The van der Waals surface area contributed by atoms with E-state index in [1.165, 1.54) is 0 Å². The fraction of sp³-hybridized carbons (Fsp3) is 0.579. The van der Waals surface area contributed by atoms with Gasteiger partial charge in [0.15, 0.2) is 5.78 Å². The number of urea groups is 1. The number of methoxy groups -OCH3 is 1. The smallest absolute Gasteiger partial charge is 0.321 e. The molecular weight excluding hydrogens is 304 g/mol. The van der Waals surface area contributed by atoms with Crippen LogP contribution in [0.5, 0.6) is 0 Å². The molecule has 0 aliphatic carbocycles. The molecule has 24 heavy (non-hydrogen) atoms. The van der Waals surface area contributed by atoms with Crippen LogP contribution in [-0.4, -0.2) is 42.5 Å². The summed E-state index contributed by atoms with van der Waals surface area (Å²) >= 11 is 0. The second kappa shape index (κ2) is 7.79. The third kappa shape index (κ3) is 4.57. The number of carbonyl (C=O) groups is 2. The number of nitrogens with zero attached hydrogens (tertiary/aromatic N) is 1. The number of carbonyl (C=O) groups excluding carboxylic acids is 2. The van der Waals surface area contributed by atoms with Crippen molar-refractivity contribution >= 4 is 17.5 Å². The Labute approximate surface area is 144 Å². The van der Waals surface area contributed by atoms with Crippen molar-refractivity contribution in [1.82, 2.24) is 4.90 Å². The molecule has 0 saturated carbocycles. The summed E-state index contributed by atoms with van der Waals surface area (Å²) in [5.41, 5.74) is 1.24. The molecular formula is C19H28N2O3. The lowest BCUT2D eigenvalue weighted by Crippen LogP contribution is -2.37. The van der Waals surface area contributed by atoms with Gasteiger partial charge in [-0.05, 0) is 50.5 Å². The molecule has 0 spiro atoms. The van der Waals surface area contributed by atoms with E-state index in [4.69, 9.17) is 4.74 Å². The summed E-state index contributed by atoms with van der Waals surface area (Å²) in [5, 5.41) is 2.92. The number of rotatable bonds is 4. The molecule has 1 N–H and O–H groups in total. The van der Waals surface area contributed by atoms with Gasteiger partial charge in [-0.25, -0.2) is 4.79 Å². The molecule has 5 nitrogen and oxygen atoms in total. The van der Waals surface area contributed by atoms with E-state index < -0.39 is 0 Å². The van der Waals surface area contributed by atoms with Gasteiger partial charge in [0, 0.05) is 37.4 Å². The van der Waals surface area contributed by atoms with Crippen LogP contribution in [0.2, 0.25) is 0 Å². The topological polar surface area (TPSA) is 58.6 Å². The monoisotopic (exact) mass is 332 g/mol. The molecule has 2 amide bonds. The Morgan fingerprint density at radius 1 is 1.17 bits per heavy atom. The lowest BCUT2D eigenvalue weighted by molar-refractivity contribution is -0.00492. The van der Waals surface area contributed by atoms with E-state index in [0.717, 1.165) is 25.8 Å². The molecule has 1 heterocycles. The van der Waals surface area contributed by atoms with Gasteiger partial charge in [0.05, 0.1) is 5.60 Å². The number of Topliss-reactive ketones (excluding diaryl/α,β-unsaturated/α-hetero) is 1. The maximum atomic E-state index is 12.5. The molecule has 1 aromatic carbocycles. The lowest BCUT2D eigenvalue weighted by Gasteiger charge is -2.26. The van der Waals surface area contributed by atoms with Gasteiger partial charge in [-0.2, -0.15) is 0 Å². The van der Waals surface area contributed by atoms with Crippen molar-refractivity contribution in [3.63, 3.8) is 0 Å². The molecule has 1 unspecified atom stereocenters. The number of hydrogen-bond acceptors (Lipinski definition) is 3. The van der Waals surface area contributed by atoms with Gasteiger partial charge in [0.1, 0.15) is 0 Å². The summed E-state index contributed by atoms with van der Waals surface area (Å²) in [6.07, 6.45) is 2.72. The maximum Gasteiger partial charge on any atom is 0.321 e. The van der Waals surface area contributed by atoms with Gasteiger partial charge >= 0.3 is 6.03 Å². The van der Waals surface area contributed by atoms with Crippen LogP contribution in [0, 0.1) is 5.92 Å². The van der Waals surface area contributed by atoms with Crippen LogP contribution >= 0.6 is 0 Å². The summed E-state index contributed by atoms with van der Waals surface area (Å²) in [5.74, 6) is 0.0804. The van der Waals surface area contributed by atoms with Crippen LogP contribution in [0.3, 0.4) is 0 Å². The summed E-state index contributed by atoms with van der Waals surface area (Å²) < 4.78 is 5.57. The number of amides is 2. The first-order valence-corrected chi connectivity index (χ1v) is 8.60. The molecule has 1 fully saturated rings. The Balaban J connectivity index is 1.96. The van der Waals surface area contributed by atoms with Gasteiger partial charge in [-0.15, -0.1) is 0 Å². The minimum Gasteiger partial charge on any atom is -0.378 e. The predicted octanol–water partition coefficient (Wildman–Crippen LogP) is 3.95. The molecule has 1 aliphatic heterocycles. The van der Waals surface area contributed by atoms with Crippen LogP contribution in [-0.2, 0) is 4.74 Å². The molecule has 2 rings (SSSR count). The van der Waals surface area contributed by atoms with E-state index in [9.17, 15) is 9.59 Å².